The molecule has 0 amide bonds. The maximum absolute atomic E-state index is 6.14. The van der Waals surface area contributed by atoms with Gasteiger partial charge in [-0.2, -0.15) is 5.10 Å². The second-order valence-corrected chi connectivity index (χ2v) is 5.07. The molecule has 0 bridgehead atoms. The van der Waals surface area contributed by atoms with E-state index >= 15 is 0 Å². The molecule has 20 heavy (non-hydrogen) atoms. The molecule has 0 fully saturated rings. The number of aryl methyl sites for hydroxylation is 2. The Balaban J connectivity index is 2.54. The van der Waals surface area contributed by atoms with Crippen molar-refractivity contribution in [2.24, 2.45) is 0 Å². The van der Waals surface area contributed by atoms with Crippen LogP contribution in [0.3, 0.4) is 0 Å². The molecule has 1 heterocycles. The van der Waals surface area contributed by atoms with Crippen molar-refractivity contribution in [2.45, 2.75) is 26.4 Å². The summed E-state index contributed by atoms with van der Waals surface area (Å²) < 4.78 is 7.45. The number of nitrogens with zero attached hydrogens (tertiary/aromatic N) is 2. The largest absolute Gasteiger partial charge is 0.496 e. The molecule has 2 rings (SSSR count). The van der Waals surface area contributed by atoms with Crippen LogP contribution in [0.1, 0.15) is 29.9 Å². The smallest absolute Gasteiger partial charge is 0.124 e. The van der Waals surface area contributed by atoms with Gasteiger partial charge in [-0.1, -0.05) is 11.6 Å². The molecule has 1 aromatic heterocycles. The molecule has 0 radical (unpaired) electrons. The number of aromatic nitrogens is 2. The van der Waals surface area contributed by atoms with Crippen LogP contribution in [-0.2, 0) is 6.54 Å². The van der Waals surface area contributed by atoms with E-state index in [0.717, 1.165) is 29.2 Å². The standard InChI is InChI=1S/C15H20ClN3O/c1-5-19-13(8-10(2)18-19)15(17-3)12-9-11(16)6-7-14(12)20-4/h6-9,15,17H,5H2,1-4H3. The highest BCUT2D eigenvalue weighted by Crippen LogP contribution is 2.32. The Morgan fingerprint density at radius 1 is 1.40 bits per heavy atom. The van der Waals surface area contributed by atoms with Gasteiger partial charge < -0.3 is 10.1 Å². The number of benzene rings is 1. The zero-order valence-corrected chi connectivity index (χ0v) is 13.0. The van der Waals surface area contributed by atoms with Gasteiger partial charge in [0, 0.05) is 17.1 Å². The van der Waals surface area contributed by atoms with Crippen molar-refractivity contribution in [3.8, 4) is 5.75 Å². The first-order chi connectivity index (χ1) is 9.60. The summed E-state index contributed by atoms with van der Waals surface area (Å²) >= 11 is 6.14. The summed E-state index contributed by atoms with van der Waals surface area (Å²) in [6.45, 7) is 4.90. The van der Waals surface area contributed by atoms with E-state index in [1.807, 2.05) is 36.9 Å². The molecule has 2 aromatic rings. The maximum Gasteiger partial charge on any atom is 0.124 e. The topological polar surface area (TPSA) is 39.1 Å². The van der Waals surface area contributed by atoms with Crippen molar-refractivity contribution < 1.29 is 4.74 Å². The summed E-state index contributed by atoms with van der Waals surface area (Å²) in [6, 6.07) is 7.74. The van der Waals surface area contributed by atoms with Crippen LogP contribution < -0.4 is 10.1 Å². The number of rotatable bonds is 5. The van der Waals surface area contributed by atoms with Crippen molar-refractivity contribution in [2.75, 3.05) is 14.2 Å². The van der Waals surface area contributed by atoms with E-state index < -0.39 is 0 Å². The molecule has 0 saturated carbocycles. The minimum atomic E-state index is -0.00944. The fourth-order valence-electron chi connectivity index (χ4n) is 2.44. The molecule has 0 spiro atoms. The van der Waals surface area contributed by atoms with Crippen LogP contribution in [0, 0.1) is 6.92 Å². The second-order valence-electron chi connectivity index (χ2n) is 4.63. The predicted octanol–water partition coefficient (Wildman–Crippen LogP) is 3.18. The first-order valence-electron chi connectivity index (χ1n) is 6.65. The molecule has 1 aromatic carbocycles. The van der Waals surface area contributed by atoms with E-state index in [9.17, 15) is 0 Å². The Morgan fingerprint density at radius 3 is 2.75 bits per heavy atom. The van der Waals surface area contributed by atoms with E-state index in [1.165, 1.54) is 0 Å². The minimum absolute atomic E-state index is 0.00944. The fourth-order valence-corrected chi connectivity index (χ4v) is 2.63. The lowest BCUT2D eigenvalue weighted by molar-refractivity contribution is 0.403. The molecule has 108 valence electrons. The number of halogens is 1. The van der Waals surface area contributed by atoms with E-state index in [-0.39, 0.29) is 6.04 Å². The summed E-state index contributed by atoms with van der Waals surface area (Å²) in [6.07, 6.45) is 0. The lowest BCUT2D eigenvalue weighted by atomic mass is 10.0. The van der Waals surface area contributed by atoms with Crippen molar-refractivity contribution >= 4 is 11.6 Å². The molecular weight excluding hydrogens is 274 g/mol. The molecule has 1 N–H and O–H groups in total. The van der Waals surface area contributed by atoms with Gasteiger partial charge in [-0.15, -0.1) is 0 Å². The third-order valence-electron chi connectivity index (χ3n) is 3.32. The van der Waals surface area contributed by atoms with Gasteiger partial charge in [0.05, 0.1) is 24.5 Å². The molecule has 4 nitrogen and oxygen atoms in total. The summed E-state index contributed by atoms with van der Waals surface area (Å²) in [5.74, 6) is 0.815. The Kier molecular flexibility index (Phi) is 4.68. The van der Waals surface area contributed by atoms with Crippen molar-refractivity contribution in [3.05, 3.63) is 46.2 Å². The average Bonchev–Trinajstić information content (AvgIpc) is 2.81. The van der Waals surface area contributed by atoms with Gasteiger partial charge in [0.1, 0.15) is 5.75 Å². The van der Waals surface area contributed by atoms with E-state index in [1.54, 1.807) is 7.11 Å². The molecule has 0 saturated heterocycles. The van der Waals surface area contributed by atoms with Gasteiger partial charge >= 0.3 is 0 Å². The van der Waals surface area contributed by atoms with Gasteiger partial charge in [0.25, 0.3) is 0 Å². The number of nitrogens with one attached hydrogen (secondary N) is 1. The van der Waals surface area contributed by atoms with Crippen molar-refractivity contribution in [1.82, 2.24) is 15.1 Å². The SMILES string of the molecule is CCn1nc(C)cc1C(NC)c1cc(Cl)ccc1OC. The molecule has 0 aliphatic carbocycles. The third kappa shape index (κ3) is 2.81. The highest BCUT2D eigenvalue weighted by Gasteiger charge is 2.21. The van der Waals surface area contributed by atoms with Crippen LogP contribution in [-0.4, -0.2) is 23.9 Å². The lowest BCUT2D eigenvalue weighted by Gasteiger charge is -2.20. The number of ether oxygens (including phenoxy) is 1. The lowest BCUT2D eigenvalue weighted by Crippen LogP contribution is -2.22. The highest BCUT2D eigenvalue weighted by molar-refractivity contribution is 6.30. The van der Waals surface area contributed by atoms with Gasteiger partial charge in [-0.05, 0) is 45.2 Å². The number of hydrogen-bond donors (Lipinski definition) is 1. The second kappa shape index (κ2) is 6.29. The Labute approximate surface area is 124 Å². The monoisotopic (exact) mass is 293 g/mol. The summed E-state index contributed by atoms with van der Waals surface area (Å²) in [5.41, 5.74) is 3.12. The predicted molar refractivity (Wildman–Crippen MR) is 81.5 cm³/mol. The van der Waals surface area contributed by atoms with E-state index in [0.29, 0.717) is 5.02 Å². The van der Waals surface area contributed by atoms with Crippen LogP contribution in [0.5, 0.6) is 5.75 Å². The van der Waals surface area contributed by atoms with Crippen LogP contribution >= 0.6 is 11.6 Å². The van der Waals surface area contributed by atoms with Gasteiger partial charge in [0.15, 0.2) is 0 Å². The third-order valence-corrected chi connectivity index (χ3v) is 3.56. The van der Waals surface area contributed by atoms with Gasteiger partial charge in [0.2, 0.25) is 0 Å². The Morgan fingerprint density at radius 2 is 2.15 bits per heavy atom. The fraction of sp³-hybridized carbons (Fsp3) is 0.400. The van der Waals surface area contributed by atoms with Crippen LogP contribution in [0.25, 0.3) is 0 Å². The zero-order chi connectivity index (χ0) is 14.7. The molecule has 1 unspecified atom stereocenters. The summed E-state index contributed by atoms with van der Waals surface area (Å²) in [5, 5.41) is 8.52. The first kappa shape index (κ1) is 14.9. The normalized spacial score (nSPS) is 12.4. The van der Waals surface area contributed by atoms with Gasteiger partial charge in [-0.25, -0.2) is 0 Å². The van der Waals surface area contributed by atoms with Gasteiger partial charge in [-0.3, -0.25) is 4.68 Å². The summed E-state index contributed by atoms with van der Waals surface area (Å²) in [4.78, 5) is 0. The zero-order valence-electron chi connectivity index (χ0n) is 12.3. The quantitative estimate of drug-likeness (QED) is 0.920. The van der Waals surface area contributed by atoms with E-state index in [2.05, 4.69) is 23.4 Å². The molecule has 0 aliphatic heterocycles. The van der Waals surface area contributed by atoms with Crippen LogP contribution in [0.15, 0.2) is 24.3 Å². The Bertz CT molecular complexity index is 595. The highest BCUT2D eigenvalue weighted by atomic mass is 35.5. The number of hydrogen-bond acceptors (Lipinski definition) is 3. The first-order valence-corrected chi connectivity index (χ1v) is 7.03. The molecule has 0 aliphatic rings. The van der Waals surface area contributed by atoms with E-state index in [4.69, 9.17) is 16.3 Å². The number of methoxy groups -OCH3 is 1. The van der Waals surface area contributed by atoms with Crippen molar-refractivity contribution in [3.63, 3.8) is 0 Å². The van der Waals surface area contributed by atoms with Crippen LogP contribution in [0.2, 0.25) is 5.02 Å². The Hall–Kier alpha value is -1.52. The van der Waals surface area contributed by atoms with Crippen molar-refractivity contribution in [1.29, 1.82) is 0 Å². The summed E-state index contributed by atoms with van der Waals surface area (Å²) in [7, 11) is 3.59. The van der Waals surface area contributed by atoms with Crippen LogP contribution in [0.4, 0.5) is 0 Å². The molecular formula is C15H20ClN3O. The molecule has 1 atom stereocenters. The minimum Gasteiger partial charge on any atom is -0.496 e. The average molecular weight is 294 g/mol. The molecule has 5 heteroatoms. The maximum atomic E-state index is 6.14.